The third-order valence-corrected chi connectivity index (χ3v) is 2.99. The molecular formula is C11H7NO4S. The van der Waals surface area contributed by atoms with Crippen molar-refractivity contribution in [3.05, 3.63) is 40.9 Å². The first-order valence-electron chi connectivity index (χ1n) is 4.60. The van der Waals surface area contributed by atoms with Crippen LogP contribution in [0.2, 0.25) is 0 Å². The monoisotopic (exact) mass is 249 g/mol. The molecule has 2 aromatic rings. The lowest BCUT2D eigenvalue weighted by molar-refractivity contribution is 0.0683. The smallest absolute Gasteiger partial charge is 0.355 e. The van der Waals surface area contributed by atoms with Crippen LogP contribution in [0, 0.1) is 0 Å². The maximum Gasteiger partial charge on any atom is 0.355 e. The number of nitrogens with zero attached hydrogens (tertiary/aromatic N) is 1. The number of hydrogen-bond donors (Lipinski definition) is 2. The van der Waals surface area contributed by atoms with Crippen LogP contribution >= 0.6 is 11.3 Å². The lowest BCUT2D eigenvalue weighted by Crippen LogP contribution is -1.96. The molecule has 0 amide bonds. The van der Waals surface area contributed by atoms with E-state index in [9.17, 15) is 9.59 Å². The molecule has 2 N–H and O–H groups in total. The predicted octanol–water partition coefficient (Wildman–Crippen LogP) is 2.21. The Morgan fingerprint density at radius 1 is 1.06 bits per heavy atom. The van der Waals surface area contributed by atoms with Crippen molar-refractivity contribution in [1.29, 1.82) is 0 Å². The molecule has 0 aliphatic rings. The summed E-state index contributed by atoms with van der Waals surface area (Å²) in [5.41, 5.74) is 0.878. The van der Waals surface area contributed by atoms with E-state index in [4.69, 9.17) is 10.2 Å². The fourth-order valence-electron chi connectivity index (χ4n) is 1.26. The largest absolute Gasteiger partial charge is 0.478 e. The van der Waals surface area contributed by atoms with Crippen molar-refractivity contribution >= 4 is 23.3 Å². The summed E-state index contributed by atoms with van der Waals surface area (Å²) in [7, 11) is 0. The molecule has 0 spiro atoms. The first-order chi connectivity index (χ1) is 8.08. The number of aromatic carboxylic acids is 2. The first kappa shape index (κ1) is 11.3. The van der Waals surface area contributed by atoms with Gasteiger partial charge < -0.3 is 10.2 Å². The number of carbonyl (C=O) groups is 2. The predicted molar refractivity (Wildman–Crippen MR) is 61.5 cm³/mol. The van der Waals surface area contributed by atoms with E-state index in [1.54, 1.807) is 12.1 Å². The number of aromatic nitrogens is 1. The maximum atomic E-state index is 10.7. The zero-order valence-corrected chi connectivity index (χ0v) is 9.27. The van der Waals surface area contributed by atoms with Crippen LogP contribution in [0.25, 0.3) is 10.6 Å². The molecule has 0 bridgehead atoms. The molecule has 0 atom stereocenters. The minimum atomic E-state index is -1.07. The van der Waals surface area contributed by atoms with Gasteiger partial charge in [0.1, 0.15) is 5.01 Å². The summed E-state index contributed by atoms with van der Waals surface area (Å²) < 4.78 is 0. The molecule has 1 aromatic heterocycles. The van der Waals surface area contributed by atoms with Crippen molar-refractivity contribution in [3.63, 3.8) is 0 Å². The number of thiazole rings is 1. The molecule has 0 radical (unpaired) electrons. The van der Waals surface area contributed by atoms with Crippen molar-refractivity contribution in [2.45, 2.75) is 0 Å². The fourth-order valence-corrected chi connectivity index (χ4v) is 2.06. The molecule has 86 valence electrons. The van der Waals surface area contributed by atoms with Gasteiger partial charge in [0.05, 0.1) is 5.56 Å². The first-order valence-corrected chi connectivity index (χ1v) is 5.48. The fraction of sp³-hybridized carbons (Fsp3) is 0. The van der Waals surface area contributed by atoms with Gasteiger partial charge in [-0.2, -0.15) is 0 Å². The van der Waals surface area contributed by atoms with Gasteiger partial charge in [0.15, 0.2) is 5.69 Å². The maximum absolute atomic E-state index is 10.7. The molecule has 0 aliphatic carbocycles. The lowest BCUT2D eigenvalue weighted by atomic mass is 10.1. The summed E-state index contributed by atoms with van der Waals surface area (Å²) in [5.74, 6) is -2.07. The summed E-state index contributed by atoms with van der Waals surface area (Å²) in [5, 5.41) is 19.5. The second-order valence-corrected chi connectivity index (χ2v) is 4.08. The van der Waals surface area contributed by atoms with E-state index >= 15 is 0 Å². The van der Waals surface area contributed by atoms with Gasteiger partial charge in [-0.05, 0) is 12.1 Å². The molecule has 17 heavy (non-hydrogen) atoms. The molecule has 0 aliphatic heterocycles. The van der Waals surface area contributed by atoms with Crippen LogP contribution in [0.4, 0.5) is 0 Å². The van der Waals surface area contributed by atoms with Crippen LogP contribution in [-0.4, -0.2) is 27.1 Å². The second-order valence-electron chi connectivity index (χ2n) is 3.23. The minimum Gasteiger partial charge on any atom is -0.478 e. The van der Waals surface area contributed by atoms with Gasteiger partial charge in [0.25, 0.3) is 0 Å². The van der Waals surface area contributed by atoms with Gasteiger partial charge >= 0.3 is 11.9 Å². The van der Waals surface area contributed by atoms with Crippen LogP contribution in [0.15, 0.2) is 29.6 Å². The molecule has 1 heterocycles. The third kappa shape index (κ3) is 2.31. The highest BCUT2D eigenvalue weighted by atomic mass is 32.1. The number of hydrogen-bond acceptors (Lipinski definition) is 4. The van der Waals surface area contributed by atoms with Crippen LogP contribution in [0.1, 0.15) is 20.8 Å². The molecular weight excluding hydrogens is 242 g/mol. The molecule has 0 saturated heterocycles. The van der Waals surface area contributed by atoms with E-state index in [0.29, 0.717) is 10.6 Å². The van der Waals surface area contributed by atoms with Crippen LogP contribution in [0.5, 0.6) is 0 Å². The van der Waals surface area contributed by atoms with Crippen LogP contribution in [0.3, 0.4) is 0 Å². The highest BCUT2D eigenvalue weighted by Gasteiger charge is 2.10. The Morgan fingerprint density at radius 2 is 1.71 bits per heavy atom. The Kier molecular flexibility index (Phi) is 2.88. The highest BCUT2D eigenvalue weighted by molar-refractivity contribution is 7.13. The normalized spacial score (nSPS) is 10.1. The summed E-state index contributed by atoms with van der Waals surface area (Å²) in [6.45, 7) is 0. The van der Waals surface area contributed by atoms with Crippen molar-refractivity contribution in [2.24, 2.45) is 0 Å². The molecule has 5 nitrogen and oxygen atoms in total. The molecule has 2 rings (SSSR count). The molecule has 0 unspecified atom stereocenters. The molecule has 0 fully saturated rings. The van der Waals surface area contributed by atoms with E-state index in [-0.39, 0.29) is 11.3 Å². The van der Waals surface area contributed by atoms with Gasteiger partial charge in [0, 0.05) is 10.9 Å². The average molecular weight is 249 g/mol. The number of benzene rings is 1. The number of carboxylic acid groups (broad SMARTS) is 2. The van der Waals surface area contributed by atoms with E-state index in [2.05, 4.69) is 4.98 Å². The topological polar surface area (TPSA) is 87.5 Å². The quantitative estimate of drug-likeness (QED) is 0.870. The van der Waals surface area contributed by atoms with Gasteiger partial charge in [0.2, 0.25) is 0 Å². The van der Waals surface area contributed by atoms with E-state index < -0.39 is 11.9 Å². The lowest BCUT2D eigenvalue weighted by Gasteiger charge is -1.97. The Balaban J connectivity index is 2.33. The summed E-state index contributed by atoms with van der Waals surface area (Å²) in [6.07, 6.45) is 0. The zero-order valence-electron chi connectivity index (χ0n) is 8.45. The van der Waals surface area contributed by atoms with Gasteiger partial charge in [-0.15, -0.1) is 11.3 Å². The minimum absolute atomic E-state index is 0.00712. The van der Waals surface area contributed by atoms with Crippen molar-refractivity contribution < 1.29 is 19.8 Å². The van der Waals surface area contributed by atoms with Crippen LogP contribution in [-0.2, 0) is 0 Å². The summed E-state index contributed by atoms with van der Waals surface area (Å²) in [6, 6.07) is 6.13. The Bertz CT molecular complexity index is 573. The average Bonchev–Trinajstić information content (AvgIpc) is 2.78. The third-order valence-electron chi connectivity index (χ3n) is 2.10. The molecule has 0 saturated carbocycles. The summed E-state index contributed by atoms with van der Waals surface area (Å²) in [4.78, 5) is 25.2. The van der Waals surface area contributed by atoms with Gasteiger partial charge in [-0.25, -0.2) is 14.6 Å². The van der Waals surface area contributed by atoms with E-state index in [1.165, 1.54) is 28.8 Å². The standard InChI is InChI=1S/C11H7NO4S/c13-10(14)7-3-1-6(2-4-7)9-12-8(5-17-9)11(15)16/h1-5H,(H,13,14)(H,15,16). The van der Waals surface area contributed by atoms with Crippen LogP contribution < -0.4 is 0 Å². The molecule has 1 aromatic carbocycles. The SMILES string of the molecule is O=C(O)c1ccc(-c2nc(C(=O)O)cs2)cc1. The second kappa shape index (κ2) is 4.34. The van der Waals surface area contributed by atoms with E-state index in [0.717, 1.165) is 0 Å². The number of carboxylic acids is 2. The summed E-state index contributed by atoms with van der Waals surface area (Å²) >= 11 is 1.21. The van der Waals surface area contributed by atoms with Crippen molar-refractivity contribution in [2.75, 3.05) is 0 Å². The van der Waals surface area contributed by atoms with Gasteiger partial charge in [-0.3, -0.25) is 0 Å². The Morgan fingerprint density at radius 3 is 2.18 bits per heavy atom. The van der Waals surface area contributed by atoms with Crippen molar-refractivity contribution in [1.82, 2.24) is 4.98 Å². The number of rotatable bonds is 3. The Hall–Kier alpha value is -2.21. The zero-order chi connectivity index (χ0) is 12.4. The highest BCUT2D eigenvalue weighted by Crippen LogP contribution is 2.24. The van der Waals surface area contributed by atoms with Gasteiger partial charge in [-0.1, -0.05) is 12.1 Å². The van der Waals surface area contributed by atoms with E-state index in [1.807, 2.05) is 0 Å². The Labute approximate surface area is 100.0 Å². The van der Waals surface area contributed by atoms with Crippen molar-refractivity contribution in [3.8, 4) is 10.6 Å². The molecule has 6 heteroatoms.